The van der Waals surface area contributed by atoms with Gasteiger partial charge in [0.1, 0.15) is 34.0 Å². The standard InChI is InChI=1S/C24H16F8N2O5.C23H14F8N2O6/c1-3-14(35)13-10-11(8-9-33-13)34-22(36)18-15(5-4-12(19(18)25)23(27,28)29)38-17-7-6-16(39-24(30,31)32)20(26)21(17)37-2;1-36-19-15(6-5-14(18(19)25)39-23(29,30)31)38-13-4-3-11(22(26,27)28)17(24)16(13)20(34)33-10-7-8-32-12(9-10)21(35)37-2/h4-10H,3H2,1-2H3,(H,33,34,36);3-9H,1-2H3,(H,32,33,34)/i2D3;1D3. The minimum absolute atomic E-state index is 0.00859. The van der Waals surface area contributed by atoms with Gasteiger partial charge in [0.2, 0.25) is 23.1 Å². The number of alkyl halides is 12. The third kappa shape index (κ3) is 14.7. The monoisotopic (exact) mass is 1140 g/mol. The van der Waals surface area contributed by atoms with Crippen LogP contribution >= 0.6 is 0 Å². The molecule has 0 atom stereocenters. The first kappa shape index (κ1) is 51.1. The molecular weight excluding hydrogens is 1100 g/mol. The molecule has 2 amide bonds. The number of ether oxygens (including phenoxy) is 7. The molecule has 0 fully saturated rings. The SMILES string of the molecule is [2H]C([2H])([2H])Oc1c(Oc2ccc(C(F)(F)F)c(F)c2C(=O)Nc2ccnc(C(=O)CC)c2)ccc(OC(F)(F)F)c1F.[2H]C([2H])([2H])Oc1c(Oc2ccc(C(F)(F)F)c(F)c2C(=O)Nc2ccnc(C(=O)OC)c2)ccc(OC(F)(F)F)c1F. The van der Waals surface area contributed by atoms with Crippen LogP contribution in [0.2, 0.25) is 0 Å². The van der Waals surface area contributed by atoms with E-state index in [1.165, 1.54) is 6.92 Å². The molecular formula is C47H30F16N4O11. The van der Waals surface area contributed by atoms with Gasteiger partial charge in [-0.3, -0.25) is 19.4 Å². The summed E-state index contributed by atoms with van der Waals surface area (Å²) in [7, 11) is -6.01. The highest BCUT2D eigenvalue weighted by Gasteiger charge is 2.40. The molecule has 0 aliphatic rings. The molecule has 2 aromatic heterocycles. The van der Waals surface area contributed by atoms with Crippen LogP contribution in [0.5, 0.6) is 46.0 Å². The van der Waals surface area contributed by atoms with Gasteiger partial charge in [-0.2, -0.15) is 35.1 Å². The topological polar surface area (TPSA) is 183 Å². The van der Waals surface area contributed by atoms with Crippen molar-refractivity contribution in [1.29, 1.82) is 0 Å². The highest BCUT2D eigenvalue weighted by Crippen LogP contribution is 2.45. The summed E-state index contributed by atoms with van der Waals surface area (Å²) in [6, 6.07) is 6.83. The van der Waals surface area contributed by atoms with Crippen LogP contribution in [0.4, 0.5) is 81.6 Å². The Hall–Kier alpha value is -9.06. The first-order chi connectivity index (χ1) is 38.6. The normalized spacial score (nSPS) is 13.1. The zero-order valence-electron chi connectivity index (χ0n) is 44.2. The predicted molar refractivity (Wildman–Crippen MR) is 233 cm³/mol. The van der Waals surface area contributed by atoms with Crippen molar-refractivity contribution in [3.63, 3.8) is 0 Å². The second-order valence-corrected chi connectivity index (χ2v) is 14.5. The minimum atomic E-state index is -5.44. The summed E-state index contributed by atoms with van der Waals surface area (Å²) in [6.45, 7) is 1.51. The second-order valence-electron chi connectivity index (χ2n) is 14.5. The third-order valence-electron chi connectivity index (χ3n) is 9.46. The van der Waals surface area contributed by atoms with Crippen molar-refractivity contribution < 1.29 is 131 Å². The molecule has 0 saturated carbocycles. The van der Waals surface area contributed by atoms with Crippen molar-refractivity contribution in [2.24, 2.45) is 0 Å². The Morgan fingerprint density at radius 1 is 0.526 bits per heavy atom. The number of methoxy groups -OCH3 is 3. The van der Waals surface area contributed by atoms with Gasteiger partial charge in [-0.25, -0.2) is 18.6 Å². The number of carbonyl (C=O) groups excluding carboxylic acids is 4. The van der Waals surface area contributed by atoms with Gasteiger partial charge in [0, 0.05) is 30.2 Å². The molecule has 0 saturated heterocycles. The summed E-state index contributed by atoms with van der Waals surface area (Å²) in [4.78, 5) is 57.1. The number of nitrogens with zero attached hydrogens (tertiary/aromatic N) is 2. The van der Waals surface area contributed by atoms with Crippen molar-refractivity contribution in [1.82, 2.24) is 9.97 Å². The maximum atomic E-state index is 15.2. The fraction of sp³-hybridized carbons (Fsp3) is 0.191. The lowest BCUT2D eigenvalue weighted by molar-refractivity contribution is -0.276. The number of anilines is 2. The van der Waals surface area contributed by atoms with E-state index in [1.807, 2.05) is 5.32 Å². The number of hydrogen-bond donors (Lipinski definition) is 2. The van der Waals surface area contributed by atoms with Crippen LogP contribution in [0, 0.1) is 23.3 Å². The number of benzene rings is 4. The van der Waals surface area contributed by atoms with Crippen LogP contribution in [0.1, 0.15) is 74.4 Å². The maximum Gasteiger partial charge on any atom is 0.573 e. The van der Waals surface area contributed by atoms with Crippen molar-refractivity contribution >= 4 is 34.9 Å². The number of hydrogen-bond acceptors (Lipinski definition) is 13. The lowest BCUT2D eigenvalue weighted by Gasteiger charge is -2.18. The maximum absolute atomic E-state index is 15.2. The lowest BCUT2D eigenvalue weighted by Crippen LogP contribution is -2.19. The Labute approximate surface area is 434 Å². The zero-order chi connectivity index (χ0) is 63.2. The van der Waals surface area contributed by atoms with E-state index in [0.717, 1.165) is 43.8 Å². The number of aromatic nitrogens is 2. The first-order valence-electron chi connectivity index (χ1n) is 23.5. The molecule has 31 heteroatoms. The first-order valence-corrected chi connectivity index (χ1v) is 20.5. The quantitative estimate of drug-likeness (QED) is 0.0563. The molecule has 0 radical (unpaired) electrons. The number of amides is 2. The average Bonchev–Trinajstić information content (AvgIpc) is 1.07. The Balaban J connectivity index is 0.000000307. The largest absolute Gasteiger partial charge is 0.573 e. The lowest BCUT2D eigenvalue weighted by atomic mass is 10.1. The van der Waals surface area contributed by atoms with Crippen LogP contribution in [-0.2, 0) is 17.1 Å². The summed E-state index contributed by atoms with van der Waals surface area (Å²) < 4.78 is 290. The van der Waals surface area contributed by atoms with Crippen molar-refractivity contribution in [3.8, 4) is 46.0 Å². The number of ketones is 1. The Morgan fingerprint density at radius 2 is 0.897 bits per heavy atom. The van der Waals surface area contributed by atoms with Gasteiger partial charge in [0.05, 0.1) is 40.5 Å². The van der Waals surface area contributed by atoms with E-state index in [2.05, 4.69) is 39.0 Å². The Bertz CT molecular complexity index is 3250. The summed E-state index contributed by atoms with van der Waals surface area (Å²) in [6.07, 6.45) is -19.5. The van der Waals surface area contributed by atoms with E-state index in [9.17, 15) is 80.6 Å². The van der Waals surface area contributed by atoms with Gasteiger partial charge in [0.15, 0.2) is 40.4 Å². The summed E-state index contributed by atoms with van der Waals surface area (Å²) in [5, 5.41) is 4.07. The molecule has 15 nitrogen and oxygen atoms in total. The van der Waals surface area contributed by atoms with Crippen LogP contribution in [0.3, 0.4) is 0 Å². The van der Waals surface area contributed by atoms with Crippen molar-refractivity contribution in [2.75, 3.05) is 31.8 Å². The zero-order valence-corrected chi connectivity index (χ0v) is 38.2. The van der Waals surface area contributed by atoms with E-state index < -0.39 is 154 Å². The van der Waals surface area contributed by atoms with E-state index in [-0.39, 0.29) is 41.3 Å². The molecule has 0 aliphatic carbocycles. The predicted octanol–water partition coefficient (Wildman–Crippen LogP) is 13.0. The second kappa shape index (κ2) is 23.9. The van der Waals surface area contributed by atoms with Gasteiger partial charge in [-0.05, 0) is 72.8 Å². The third-order valence-corrected chi connectivity index (χ3v) is 9.46. The number of Topliss-reactive ketones (excluding diaryl/α,β-unsaturated/α-hetero) is 1. The van der Waals surface area contributed by atoms with Gasteiger partial charge >= 0.3 is 31.0 Å². The smallest absolute Gasteiger partial charge is 0.490 e. The molecule has 0 spiro atoms. The van der Waals surface area contributed by atoms with E-state index in [4.69, 9.17) is 17.7 Å². The molecule has 0 unspecified atom stereocenters. The summed E-state index contributed by atoms with van der Waals surface area (Å²) in [5.74, 6) is -23.7. The Kier molecular flexibility index (Phi) is 15.6. The van der Waals surface area contributed by atoms with Crippen LogP contribution in [0.15, 0.2) is 85.2 Å². The van der Waals surface area contributed by atoms with Crippen molar-refractivity contribution in [3.05, 3.63) is 142 Å². The molecule has 2 N–H and O–H groups in total. The van der Waals surface area contributed by atoms with E-state index in [1.54, 1.807) is 0 Å². The number of esters is 1. The molecule has 4 aromatic carbocycles. The van der Waals surface area contributed by atoms with Gasteiger partial charge in [-0.15, -0.1) is 26.3 Å². The van der Waals surface area contributed by atoms with Gasteiger partial charge in [-0.1, -0.05) is 6.92 Å². The molecule has 0 bridgehead atoms. The van der Waals surface area contributed by atoms with Gasteiger partial charge < -0.3 is 43.8 Å². The van der Waals surface area contributed by atoms with Gasteiger partial charge in [0.25, 0.3) is 11.8 Å². The number of halogens is 16. The molecule has 416 valence electrons. The number of rotatable bonds is 15. The molecule has 2 heterocycles. The summed E-state index contributed by atoms with van der Waals surface area (Å²) in [5.41, 5.74) is -7.78. The minimum Gasteiger partial charge on any atom is -0.490 e. The average molecular weight is 1140 g/mol. The van der Waals surface area contributed by atoms with Crippen LogP contribution in [-0.4, -0.2) is 67.4 Å². The number of nitrogens with one attached hydrogen (secondary N) is 2. The Morgan fingerprint density at radius 3 is 1.26 bits per heavy atom. The molecule has 6 rings (SSSR count). The van der Waals surface area contributed by atoms with Crippen LogP contribution in [0.25, 0.3) is 0 Å². The summed E-state index contributed by atoms with van der Waals surface area (Å²) >= 11 is 0. The fourth-order valence-electron chi connectivity index (χ4n) is 6.14. The molecule has 78 heavy (non-hydrogen) atoms. The number of pyridine rings is 2. The molecule has 6 aromatic rings. The highest BCUT2D eigenvalue weighted by molar-refractivity contribution is 6.08. The van der Waals surface area contributed by atoms with E-state index >= 15 is 8.78 Å². The highest BCUT2D eigenvalue weighted by atomic mass is 19.4. The van der Waals surface area contributed by atoms with E-state index in [0.29, 0.717) is 36.4 Å². The fourth-order valence-corrected chi connectivity index (χ4v) is 6.14. The van der Waals surface area contributed by atoms with Crippen LogP contribution < -0.4 is 39.1 Å². The molecule has 0 aliphatic heterocycles. The number of carbonyl (C=O) groups is 4. The van der Waals surface area contributed by atoms with Crippen molar-refractivity contribution in [2.45, 2.75) is 38.4 Å².